The highest BCUT2D eigenvalue weighted by Crippen LogP contribution is 2.19. The molecule has 0 spiro atoms. The summed E-state index contributed by atoms with van der Waals surface area (Å²) in [5.41, 5.74) is 1.66. The minimum Gasteiger partial charge on any atom is -0.300 e. The molecule has 0 saturated heterocycles. The molecule has 0 amide bonds. The van der Waals surface area contributed by atoms with Crippen LogP contribution in [0.3, 0.4) is 0 Å². The van der Waals surface area contributed by atoms with E-state index in [1.54, 1.807) is 5.57 Å². The Kier molecular flexibility index (Phi) is 9.75. The zero-order valence-electron chi connectivity index (χ0n) is 12.9. The van der Waals surface area contributed by atoms with E-state index in [9.17, 15) is 4.79 Å². The van der Waals surface area contributed by atoms with E-state index in [0.29, 0.717) is 5.78 Å². The number of ketones is 1. The maximum atomic E-state index is 11.7. The monoisotopic (exact) mass is 264 g/mol. The molecule has 1 fully saturated rings. The van der Waals surface area contributed by atoms with Crippen LogP contribution in [0.2, 0.25) is 0 Å². The van der Waals surface area contributed by atoms with E-state index in [0.717, 1.165) is 25.7 Å². The van der Waals surface area contributed by atoms with Gasteiger partial charge in [0, 0.05) is 12.8 Å². The molecule has 0 aromatic rings. The normalized spacial score (nSPS) is 24.5. The number of carbonyl (C=O) groups excluding carboxylic acids is 1. The Morgan fingerprint density at radius 2 is 1.00 bits per heavy atom. The molecule has 0 heterocycles. The lowest BCUT2D eigenvalue weighted by Crippen LogP contribution is -1.98. The van der Waals surface area contributed by atoms with Crippen LogP contribution < -0.4 is 0 Å². The molecule has 1 heteroatoms. The smallest absolute Gasteiger partial charge is 0.132 e. The van der Waals surface area contributed by atoms with E-state index < -0.39 is 0 Å². The predicted molar refractivity (Wildman–Crippen MR) is 83.4 cm³/mol. The average Bonchev–Trinajstić information content (AvgIpc) is 2.41. The average molecular weight is 264 g/mol. The van der Waals surface area contributed by atoms with Gasteiger partial charge in [-0.25, -0.2) is 0 Å². The first-order chi connectivity index (χ1) is 9.33. The van der Waals surface area contributed by atoms with Crippen molar-refractivity contribution in [2.24, 2.45) is 0 Å². The highest BCUT2D eigenvalue weighted by Gasteiger charge is 2.03. The first-order valence-corrected chi connectivity index (χ1v) is 8.48. The van der Waals surface area contributed by atoms with Gasteiger partial charge in [0.2, 0.25) is 0 Å². The maximum absolute atomic E-state index is 11.7. The predicted octanol–water partition coefficient (Wildman–Crippen LogP) is 5.98. The van der Waals surface area contributed by atoms with Gasteiger partial charge in [0.25, 0.3) is 0 Å². The molecular weight excluding hydrogens is 232 g/mol. The van der Waals surface area contributed by atoms with Crippen LogP contribution >= 0.6 is 0 Å². The molecule has 1 aliphatic rings. The summed E-state index contributed by atoms with van der Waals surface area (Å²) >= 11 is 0. The molecular formula is C18H32O. The van der Waals surface area contributed by atoms with Crippen LogP contribution in [-0.2, 0) is 4.79 Å². The number of allylic oxidation sites excluding steroid dienone is 2. The highest BCUT2D eigenvalue weighted by atomic mass is 16.1. The van der Waals surface area contributed by atoms with E-state index in [-0.39, 0.29) is 0 Å². The molecule has 1 saturated carbocycles. The van der Waals surface area contributed by atoms with Gasteiger partial charge >= 0.3 is 0 Å². The second kappa shape index (κ2) is 11.3. The van der Waals surface area contributed by atoms with E-state index >= 15 is 0 Å². The fourth-order valence-corrected chi connectivity index (χ4v) is 2.95. The van der Waals surface area contributed by atoms with Gasteiger partial charge in [-0.15, -0.1) is 0 Å². The van der Waals surface area contributed by atoms with E-state index in [2.05, 4.69) is 13.0 Å². The van der Waals surface area contributed by atoms with Gasteiger partial charge < -0.3 is 0 Å². The standard InChI is InChI=1S/C18H32O/c1-2-17-13-9-5-3-4-6-11-15-18(19)16-12-8-7-10-14-17/h2H,3-16H2,1H3. The summed E-state index contributed by atoms with van der Waals surface area (Å²) < 4.78 is 0. The van der Waals surface area contributed by atoms with Crippen molar-refractivity contribution in [3.05, 3.63) is 11.6 Å². The Morgan fingerprint density at radius 3 is 1.42 bits per heavy atom. The minimum absolute atomic E-state index is 0.501. The number of rotatable bonds is 0. The summed E-state index contributed by atoms with van der Waals surface area (Å²) in [7, 11) is 0. The van der Waals surface area contributed by atoms with Crippen molar-refractivity contribution in [3.8, 4) is 0 Å². The third-order valence-corrected chi connectivity index (χ3v) is 4.32. The van der Waals surface area contributed by atoms with E-state index in [4.69, 9.17) is 0 Å². The number of hydrogen-bond donors (Lipinski definition) is 0. The van der Waals surface area contributed by atoms with Crippen LogP contribution in [0.4, 0.5) is 0 Å². The second-order valence-electron chi connectivity index (χ2n) is 6.02. The molecule has 1 rings (SSSR count). The fraction of sp³-hybridized carbons (Fsp3) is 0.833. The Labute approximate surface area is 119 Å². The van der Waals surface area contributed by atoms with Crippen molar-refractivity contribution in [1.29, 1.82) is 0 Å². The van der Waals surface area contributed by atoms with E-state index in [1.807, 2.05) is 0 Å². The van der Waals surface area contributed by atoms with Crippen molar-refractivity contribution in [2.45, 2.75) is 96.8 Å². The summed E-state index contributed by atoms with van der Waals surface area (Å²) in [6, 6.07) is 0. The van der Waals surface area contributed by atoms with Crippen molar-refractivity contribution >= 4 is 5.78 Å². The lowest BCUT2D eigenvalue weighted by Gasteiger charge is -2.08. The molecule has 0 atom stereocenters. The van der Waals surface area contributed by atoms with Gasteiger partial charge in [0.1, 0.15) is 5.78 Å². The van der Waals surface area contributed by atoms with E-state index in [1.165, 1.54) is 64.2 Å². The fourth-order valence-electron chi connectivity index (χ4n) is 2.95. The Morgan fingerprint density at radius 1 is 0.632 bits per heavy atom. The molecule has 0 bridgehead atoms. The Hall–Kier alpha value is -0.590. The zero-order chi connectivity index (χ0) is 13.8. The quantitative estimate of drug-likeness (QED) is 0.492. The molecule has 1 nitrogen and oxygen atoms in total. The van der Waals surface area contributed by atoms with Crippen LogP contribution in [0, 0.1) is 0 Å². The highest BCUT2D eigenvalue weighted by molar-refractivity contribution is 5.78. The van der Waals surface area contributed by atoms with Crippen LogP contribution in [0.15, 0.2) is 11.6 Å². The molecule has 0 aromatic carbocycles. The first kappa shape index (κ1) is 16.5. The topological polar surface area (TPSA) is 17.1 Å². The van der Waals surface area contributed by atoms with Crippen LogP contribution in [-0.4, -0.2) is 5.78 Å². The largest absolute Gasteiger partial charge is 0.300 e. The van der Waals surface area contributed by atoms with Crippen LogP contribution in [0.5, 0.6) is 0 Å². The number of carbonyl (C=O) groups is 1. The molecule has 0 radical (unpaired) electrons. The summed E-state index contributed by atoms with van der Waals surface area (Å²) in [5, 5.41) is 0. The van der Waals surface area contributed by atoms with Crippen LogP contribution in [0.25, 0.3) is 0 Å². The lowest BCUT2D eigenvalue weighted by molar-refractivity contribution is -0.119. The Balaban J connectivity index is 2.28. The number of hydrogen-bond acceptors (Lipinski definition) is 1. The van der Waals surface area contributed by atoms with Gasteiger partial charge in [0.15, 0.2) is 0 Å². The maximum Gasteiger partial charge on any atom is 0.132 e. The number of Topliss-reactive ketones (excluding diaryl/α,β-unsaturated/α-hetero) is 1. The molecule has 0 aliphatic heterocycles. The Bertz CT molecular complexity index is 265. The van der Waals surface area contributed by atoms with Gasteiger partial charge in [-0.1, -0.05) is 50.2 Å². The summed E-state index contributed by atoms with van der Waals surface area (Å²) in [5.74, 6) is 0.501. The molecule has 0 unspecified atom stereocenters. The first-order valence-electron chi connectivity index (χ1n) is 8.48. The summed E-state index contributed by atoms with van der Waals surface area (Å²) in [6.07, 6.45) is 19.3. The van der Waals surface area contributed by atoms with Crippen molar-refractivity contribution in [3.63, 3.8) is 0 Å². The minimum atomic E-state index is 0.501. The lowest BCUT2D eigenvalue weighted by atomic mass is 9.98. The van der Waals surface area contributed by atoms with Gasteiger partial charge in [0.05, 0.1) is 0 Å². The van der Waals surface area contributed by atoms with Crippen molar-refractivity contribution in [1.82, 2.24) is 0 Å². The third-order valence-electron chi connectivity index (χ3n) is 4.32. The molecule has 0 N–H and O–H groups in total. The SMILES string of the molecule is CC=C1CCCCCCCCC(=O)CCCCCC1. The zero-order valence-corrected chi connectivity index (χ0v) is 12.9. The molecule has 110 valence electrons. The van der Waals surface area contributed by atoms with Gasteiger partial charge in [-0.05, 0) is 45.4 Å². The molecule has 19 heavy (non-hydrogen) atoms. The third kappa shape index (κ3) is 9.02. The molecule has 1 aliphatic carbocycles. The van der Waals surface area contributed by atoms with Gasteiger partial charge in [-0.2, -0.15) is 0 Å². The summed E-state index contributed by atoms with van der Waals surface area (Å²) in [4.78, 5) is 11.7. The van der Waals surface area contributed by atoms with Gasteiger partial charge in [-0.3, -0.25) is 4.79 Å². The van der Waals surface area contributed by atoms with Crippen molar-refractivity contribution in [2.75, 3.05) is 0 Å². The summed E-state index contributed by atoms with van der Waals surface area (Å²) in [6.45, 7) is 2.19. The van der Waals surface area contributed by atoms with Crippen LogP contribution in [0.1, 0.15) is 96.8 Å². The molecule has 0 aromatic heterocycles. The second-order valence-corrected chi connectivity index (χ2v) is 6.02. The van der Waals surface area contributed by atoms with Crippen molar-refractivity contribution < 1.29 is 4.79 Å².